The minimum absolute atomic E-state index is 0.179. The van der Waals surface area contributed by atoms with Crippen molar-refractivity contribution in [2.75, 3.05) is 29.9 Å². The quantitative estimate of drug-likeness (QED) is 0.601. The summed E-state index contributed by atoms with van der Waals surface area (Å²) in [6.07, 6.45) is 0.825. The third-order valence-electron chi connectivity index (χ3n) is 5.56. The highest BCUT2D eigenvalue weighted by molar-refractivity contribution is 6.08. The van der Waals surface area contributed by atoms with Gasteiger partial charge in [0, 0.05) is 37.0 Å². The maximum absolute atomic E-state index is 13.5. The number of benzene rings is 3. The molecule has 3 aromatic carbocycles. The van der Waals surface area contributed by atoms with Crippen LogP contribution in [0.2, 0.25) is 0 Å². The Morgan fingerprint density at radius 2 is 1.66 bits per heavy atom. The van der Waals surface area contributed by atoms with Crippen LogP contribution in [0.3, 0.4) is 0 Å². The molecule has 1 fully saturated rings. The predicted octanol–water partition coefficient (Wildman–Crippen LogP) is 4.47. The molecular formula is C25H23F2N3O2. The molecule has 1 aliphatic heterocycles. The maximum Gasteiger partial charge on any atom is 0.255 e. The highest BCUT2D eigenvalue weighted by Crippen LogP contribution is 2.25. The lowest BCUT2D eigenvalue weighted by molar-refractivity contribution is 0.0949. The van der Waals surface area contributed by atoms with Crippen LogP contribution >= 0.6 is 0 Å². The molecule has 1 heterocycles. The molecule has 0 saturated carbocycles. The molecule has 1 unspecified atom stereocenters. The van der Waals surface area contributed by atoms with Gasteiger partial charge in [-0.25, -0.2) is 8.78 Å². The van der Waals surface area contributed by atoms with Gasteiger partial charge in [0.1, 0.15) is 0 Å². The molecule has 2 N–H and O–H groups in total. The van der Waals surface area contributed by atoms with Gasteiger partial charge < -0.3 is 15.5 Å². The topological polar surface area (TPSA) is 61.4 Å². The normalized spacial score (nSPS) is 15.4. The standard InChI is InChI=1S/C25H23F2N3O2/c26-21-11-10-19(14-22(21)27)30-13-12-17(16-30)15-28-25(32)20-8-4-5-9-23(20)29-24(31)18-6-2-1-3-7-18/h1-11,14,17H,12-13,15-16H2,(H,28,32)(H,29,31). The molecule has 0 bridgehead atoms. The molecule has 1 atom stereocenters. The van der Waals surface area contributed by atoms with Crippen molar-refractivity contribution < 1.29 is 18.4 Å². The van der Waals surface area contributed by atoms with Crippen molar-refractivity contribution >= 4 is 23.2 Å². The molecule has 3 aromatic rings. The highest BCUT2D eigenvalue weighted by atomic mass is 19.2. The number of hydrogen-bond donors (Lipinski definition) is 2. The Morgan fingerprint density at radius 3 is 2.44 bits per heavy atom. The van der Waals surface area contributed by atoms with Crippen LogP contribution in [0, 0.1) is 17.6 Å². The number of halogens is 2. The van der Waals surface area contributed by atoms with E-state index in [1.807, 2.05) is 11.0 Å². The molecule has 0 spiro atoms. The summed E-state index contributed by atoms with van der Waals surface area (Å²) >= 11 is 0. The first-order valence-corrected chi connectivity index (χ1v) is 10.4. The minimum atomic E-state index is -0.867. The van der Waals surface area contributed by atoms with Gasteiger partial charge in [0.15, 0.2) is 11.6 Å². The molecule has 7 heteroatoms. The Bertz CT molecular complexity index is 1120. The largest absolute Gasteiger partial charge is 0.371 e. The van der Waals surface area contributed by atoms with E-state index in [-0.39, 0.29) is 17.7 Å². The number of amides is 2. The second kappa shape index (κ2) is 9.60. The number of carbonyl (C=O) groups is 2. The summed E-state index contributed by atoms with van der Waals surface area (Å²) < 4.78 is 26.7. The van der Waals surface area contributed by atoms with E-state index in [1.54, 1.807) is 54.6 Å². The average molecular weight is 435 g/mol. The summed E-state index contributed by atoms with van der Waals surface area (Å²) in [7, 11) is 0. The van der Waals surface area contributed by atoms with Crippen molar-refractivity contribution in [1.82, 2.24) is 5.32 Å². The molecule has 1 saturated heterocycles. The molecule has 4 rings (SSSR count). The van der Waals surface area contributed by atoms with Crippen LogP contribution in [0.4, 0.5) is 20.2 Å². The Hall–Kier alpha value is -3.74. The summed E-state index contributed by atoms with van der Waals surface area (Å²) in [6.45, 7) is 1.78. The van der Waals surface area contributed by atoms with Crippen LogP contribution in [0.5, 0.6) is 0 Å². The third-order valence-corrected chi connectivity index (χ3v) is 5.56. The van der Waals surface area contributed by atoms with Crippen molar-refractivity contribution in [2.45, 2.75) is 6.42 Å². The summed E-state index contributed by atoms with van der Waals surface area (Å²) in [5.41, 5.74) is 1.96. The molecule has 0 aromatic heterocycles. The van der Waals surface area contributed by atoms with Crippen molar-refractivity contribution in [3.63, 3.8) is 0 Å². The minimum Gasteiger partial charge on any atom is -0.371 e. The summed E-state index contributed by atoms with van der Waals surface area (Å²) in [6, 6.07) is 19.5. The molecule has 5 nitrogen and oxygen atoms in total. The van der Waals surface area contributed by atoms with Gasteiger partial charge in [-0.1, -0.05) is 30.3 Å². The SMILES string of the molecule is O=C(Nc1ccccc1C(=O)NCC1CCN(c2ccc(F)c(F)c2)C1)c1ccccc1. The third kappa shape index (κ3) is 4.94. The highest BCUT2D eigenvalue weighted by Gasteiger charge is 2.24. The Kier molecular flexibility index (Phi) is 6.44. The lowest BCUT2D eigenvalue weighted by Gasteiger charge is -2.19. The lowest BCUT2D eigenvalue weighted by Crippen LogP contribution is -2.31. The average Bonchev–Trinajstić information content (AvgIpc) is 3.29. The van der Waals surface area contributed by atoms with E-state index in [2.05, 4.69) is 10.6 Å². The Balaban J connectivity index is 1.36. The molecular weight excluding hydrogens is 412 g/mol. The van der Waals surface area contributed by atoms with Gasteiger partial charge in [0.05, 0.1) is 11.3 Å². The van der Waals surface area contributed by atoms with Gasteiger partial charge in [-0.05, 0) is 48.7 Å². The summed E-state index contributed by atoms with van der Waals surface area (Å²) in [4.78, 5) is 27.3. The molecule has 164 valence electrons. The Labute approximate surface area is 185 Å². The second-order valence-corrected chi connectivity index (χ2v) is 7.77. The van der Waals surface area contributed by atoms with Crippen LogP contribution in [0.1, 0.15) is 27.1 Å². The fourth-order valence-corrected chi connectivity index (χ4v) is 3.82. The molecule has 0 radical (unpaired) electrons. The number of anilines is 2. The molecule has 1 aliphatic rings. The van der Waals surface area contributed by atoms with E-state index in [9.17, 15) is 18.4 Å². The number of nitrogens with one attached hydrogen (secondary N) is 2. The van der Waals surface area contributed by atoms with Gasteiger partial charge in [-0.3, -0.25) is 9.59 Å². The fourth-order valence-electron chi connectivity index (χ4n) is 3.82. The number of rotatable bonds is 6. The van der Waals surface area contributed by atoms with Gasteiger partial charge in [-0.2, -0.15) is 0 Å². The van der Waals surface area contributed by atoms with E-state index in [4.69, 9.17) is 0 Å². The van der Waals surface area contributed by atoms with Crippen molar-refractivity contribution in [3.8, 4) is 0 Å². The summed E-state index contributed by atoms with van der Waals surface area (Å²) in [5, 5.41) is 5.74. The zero-order chi connectivity index (χ0) is 22.5. The lowest BCUT2D eigenvalue weighted by atomic mass is 10.1. The van der Waals surface area contributed by atoms with E-state index in [1.165, 1.54) is 6.07 Å². The first-order valence-electron chi connectivity index (χ1n) is 10.4. The van der Waals surface area contributed by atoms with Crippen LogP contribution < -0.4 is 15.5 Å². The monoisotopic (exact) mass is 435 g/mol. The number of para-hydroxylation sites is 1. The molecule has 0 aliphatic carbocycles. The Morgan fingerprint density at radius 1 is 0.906 bits per heavy atom. The van der Waals surface area contributed by atoms with Crippen LogP contribution in [-0.2, 0) is 0 Å². The van der Waals surface area contributed by atoms with Gasteiger partial charge in [-0.15, -0.1) is 0 Å². The fraction of sp³-hybridized carbons (Fsp3) is 0.200. The number of carbonyl (C=O) groups excluding carboxylic acids is 2. The zero-order valence-corrected chi connectivity index (χ0v) is 17.4. The van der Waals surface area contributed by atoms with E-state index < -0.39 is 11.6 Å². The second-order valence-electron chi connectivity index (χ2n) is 7.77. The van der Waals surface area contributed by atoms with E-state index >= 15 is 0 Å². The van der Waals surface area contributed by atoms with Crippen LogP contribution in [0.25, 0.3) is 0 Å². The first kappa shape index (κ1) is 21.5. The number of hydrogen-bond acceptors (Lipinski definition) is 3. The van der Waals surface area contributed by atoms with Crippen molar-refractivity contribution in [2.24, 2.45) is 5.92 Å². The van der Waals surface area contributed by atoms with Gasteiger partial charge >= 0.3 is 0 Å². The molecule has 2 amide bonds. The smallest absolute Gasteiger partial charge is 0.255 e. The summed E-state index contributed by atoms with van der Waals surface area (Å²) in [5.74, 6) is -2.12. The van der Waals surface area contributed by atoms with E-state index in [0.29, 0.717) is 42.1 Å². The number of nitrogens with zero attached hydrogens (tertiary/aromatic N) is 1. The van der Waals surface area contributed by atoms with E-state index in [0.717, 1.165) is 12.5 Å². The predicted molar refractivity (Wildman–Crippen MR) is 120 cm³/mol. The van der Waals surface area contributed by atoms with Crippen LogP contribution in [0.15, 0.2) is 72.8 Å². The van der Waals surface area contributed by atoms with Gasteiger partial charge in [0.25, 0.3) is 11.8 Å². The molecule has 32 heavy (non-hydrogen) atoms. The maximum atomic E-state index is 13.5. The zero-order valence-electron chi connectivity index (χ0n) is 17.4. The van der Waals surface area contributed by atoms with Crippen molar-refractivity contribution in [1.29, 1.82) is 0 Å². The van der Waals surface area contributed by atoms with Crippen LogP contribution in [-0.4, -0.2) is 31.4 Å². The van der Waals surface area contributed by atoms with Gasteiger partial charge in [0.2, 0.25) is 0 Å². The first-order chi connectivity index (χ1) is 15.5. The van der Waals surface area contributed by atoms with Crippen molar-refractivity contribution in [3.05, 3.63) is 95.6 Å².